The van der Waals surface area contributed by atoms with Crippen LogP contribution in [0.4, 0.5) is 5.82 Å². The number of hydrogen-bond acceptors (Lipinski definition) is 6. The van der Waals surface area contributed by atoms with Crippen molar-refractivity contribution in [1.82, 2.24) is 34.4 Å². The maximum atomic E-state index is 12.8. The molecule has 9 nitrogen and oxygen atoms in total. The third kappa shape index (κ3) is 4.73. The van der Waals surface area contributed by atoms with Crippen LogP contribution in [0.5, 0.6) is 0 Å². The van der Waals surface area contributed by atoms with Gasteiger partial charge in [0.05, 0.1) is 12.0 Å². The lowest BCUT2D eigenvalue weighted by Crippen LogP contribution is -2.45. The molecule has 33 heavy (non-hydrogen) atoms. The topological polar surface area (TPSA) is 83.6 Å². The molecule has 4 heterocycles. The van der Waals surface area contributed by atoms with Crippen LogP contribution in [0.1, 0.15) is 16.9 Å². The average molecular weight is 445 g/mol. The Bertz CT molecular complexity index is 1210. The molecule has 0 spiro atoms. The number of carbonyl (C=O) groups is 1. The van der Waals surface area contributed by atoms with Gasteiger partial charge in [-0.1, -0.05) is 30.3 Å². The molecule has 0 aliphatic carbocycles. The lowest BCUT2D eigenvalue weighted by molar-refractivity contribution is 0.0947. The highest BCUT2D eigenvalue weighted by Crippen LogP contribution is 2.25. The summed E-state index contributed by atoms with van der Waals surface area (Å²) in [5.41, 5.74) is 2.98. The van der Waals surface area contributed by atoms with Crippen LogP contribution in [0, 0.1) is 0 Å². The largest absolute Gasteiger partial charge is 0.354 e. The second-order valence-corrected chi connectivity index (χ2v) is 8.37. The molecule has 4 aromatic rings. The number of carbonyl (C=O) groups excluding carboxylic acids is 1. The third-order valence-corrected chi connectivity index (χ3v) is 5.98. The fraction of sp³-hybridized carbons (Fsp3) is 0.333. The van der Waals surface area contributed by atoms with Crippen LogP contribution in [0.3, 0.4) is 0 Å². The number of nitrogens with one attached hydrogen (secondary N) is 1. The Morgan fingerprint density at radius 2 is 1.91 bits per heavy atom. The van der Waals surface area contributed by atoms with E-state index >= 15 is 0 Å². The highest BCUT2D eigenvalue weighted by molar-refractivity contribution is 5.93. The van der Waals surface area contributed by atoms with Crippen LogP contribution in [0.15, 0.2) is 61.2 Å². The fourth-order valence-electron chi connectivity index (χ4n) is 4.06. The number of aromatic nitrogens is 5. The van der Waals surface area contributed by atoms with Crippen molar-refractivity contribution in [1.29, 1.82) is 0 Å². The molecule has 3 aromatic heterocycles. The van der Waals surface area contributed by atoms with Crippen LogP contribution in [-0.4, -0.2) is 74.7 Å². The second kappa shape index (κ2) is 9.41. The molecule has 0 saturated carbocycles. The van der Waals surface area contributed by atoms with E-state index in [4.69, 9.17) is 4.98 Å². The number of rotatable bonds is 7. The SMILES string of the molecule is CN1CCN(c2cc(-c3ccccc3)nc3cc(C(=O)NCCCn4ccnc4)nn23)CC1. The molecule has 0 atom stereocenters. The Balaban J connectivity index is 1.40. The number of hydrogen-bond donors (Lipinski definition) is 1. The number of likely N-dealkylation sites (N-methyl/N-ethyl adjacent to an activating group) is 1. The van der Waals surface area contributed by atoms with Gasteiger partial charge >= 0.3 is 0 Å². The quantitative estimate of drug-likeness (QED) is 0.440. The molecule has 9 heteroatoms. The third-order valence-electron chi connectivity index (χ3n) is 5.98. The van der Waals surface area contributed by atoms with Gasteiger partial charge in [0.1, 0.15) is 5.82 Å². The van der Waals surface area contributed by atoms with Gasteiger partial charge in [0.25, 0.3) is 5.91 Å². The molecule has 1 saturated heterocycles. The highest BCUT2D eigenvalue weighted by Gasteiger charge is 2.21. The van der Waals surface area contributed by atoms with Crippen molar-refractivity contribution in [3.05, 3.63) is 66.9 Å². The minimum atomic E-state index is -0.184. The van der Waals surface area contributed by atoms with Crippen LogP contribution in [0.25, 0.3) is 16.9 Å². The van der Waals surface area contributed by atoms with Gasteiger partial charge in [-0.05, 0) is 13.5 Å². The number of aryl methyl sites for hydroxylation is 1. The normalized spacial score (nSPS) is 14.6. The number of benzene rings is 1. The molecule has 1 aliphatic heterocycles. The van der Waals surface area contributed by atoms with E-state index in [0.29, 0.717) is 17.9 Å². The highest BCUT2D eigenvalue weighted by atomic mass is 16.1. The van der Waals surface area contributed by atoms with Crippen molar-refractivity contribution in [3.63, 3.8) is 0 Å². The van der Waals surface area contributed by atoms with Crippen LogP contribution in [0.2, 0.25) is 0 Å². The maximum absolute atomic E-state index is 12.8. The van der Waals surface area contributed by atoms with Crippen molar-refractivity contribution in [2.45, 2.75) is 13.0 Å². The van der Waals surface area contributed by atoms with E-state index in [2.05, 4.69) is 50.4 Å². The van der Waals surface area contributed by atoms with Crippen molar-refractivity contribution in [2.24, 2.45) is 0 Å². The number of anilines is 1. The van der Waals surface area contributed by atoms with Crippen molar-refractivity contribution in [3.8, 4) is 11.3 Å². The first-order valence-corrected chi connectivity index (χ1v) is 11.3. The van der Waals surface area contributed by atoms with E-state index in [1.165, 1.54) is 0 Å². The van der Waals surface area contributed by atoms with Gasteiger partial charge in [-0.3, -0.25) is 4.79 Å². The second-order valence-electron chi connectivity index (χ2n) is 8.37. The lowest BCUT2D eigenvalue weighted by Gasteiger charge is -2.34. The van der Waals surface area contributed by atoms with E-state index in [1.54, 1.807) is 23.1 Å². The van der Waals surface area contributed by atoms with Gasteiger partial charge < -0.3 is 19.7 Å². The van der Waals surface area contributed by atoms with Crippen molar-refractivity contribution < 1.29 is 4.79 Å². The number of piperazine rings is 1. The monoisotopic (exact) mass is 444 g/mol. The summed E-state index contributed by atoms with van der Waals surface area (Å²) in [6.45, 7) is 5.14. The van der Waals surface area contributed by atoms with Gasteiger partial charge in [0.15, 0.2) is 11.3 Å². The minimum Gasteiger partial charge on any atom is -0.354 e. The summed E-state index contributed by atoms with van der Waals surface area (Å²) in [6, 6.07) is 14.0. The Hall–Kier alpha value is -3.72. The van der Waals surface area contributed by atoms with Gasteiger partial charge in [0, 0.05) is 69.4 Å². The summed E-state index contributed by atoms with van der Waals surface area (Å²) in [7, 11) is 2.14. The molecule has 170 valence electrons. The Kier molecular flexibility index (Phi) is 6.03. The lowest BCUT2D eigenvalue weighted by atomic mass is 10.1. The van der Waals surface area contributed by atoms with Crippen LogP contribution in [-0.2, 0) is 6.54 Å². The molecule has 1 amide bonds. The van der Waals surface area contributed by atoms with Crippen molar-refractivity contribution in [2.75, 3.05) is 44.7 Å². The molecule has 1 aliphatic rings. The first kappa shape index (κ1) is 21.1. The summed E-state index contributed by atoms with van der Waals surface area (Å²) in [5, 5.41) is 7.62. The molecule has 0 bridgehead atoms. The standard InChI is InChI=1S/C24H28N8O/c1-29-12-14-31(15-13-29)23-17-20(19-6-3-2-4-7-19)27-22-16-21(28-32(22)23)24(33)26-8-5-10-30-11-9-25-18-30/h2-4,6-7,9,11,16-18H,5,8,10,12-15H2,1H3,(H,26,33). The Morgan fingerprint density at radius 1 is 1.09 bits per heavy atom. The van der Waals surface area contributed by atoms with Crippen molar-refractivity contribution >= 4 is 17.4 Å². The number of amides is 1. The summed E-state index contributed by atoms with van der Waals surface area (Å²) >= 11 is 0. The zero-order chi connectivity index (χ0) is 22.6. The predicted octanol–water partition coefficient (Wildman–Crippen LogP) is 2.16. The Labute approximate surface area is 192 Å². The van der Waals surface area contributed by atoms with E-state index in [9.17, 15) is 4.79 Å². The van der Waals surface area contributed by atoms with Gasteiger partial charge in [-0.15, -0.1) is 0 Å². The minimum absolute atomic E-state index is 0.184. The molecule has 1 N–H and O–H groups in total. The summed E-state index contributed by atoms with van der Waals surface area (Å²) < 4.78 is 3.80. The zero-order valence-corrected chi connectivity index (χ0v) is 18.8. The van der Waals surface area contributed by atoms with Gasteiger partial charge in [-0.25, -0.2) is 9.97 Å². The first-order valence-electron chi connectivity index (χ1n) is 11.3. The molecule has 5 rings (SSSR count). The molecular formula is C24H28N8O. The van der Waals surface area contributed by atoms with Gasteiger partial charge in [-0.2, -0.15) is 9.61 Å². The van der Waals surface area contributed by atoms with E-state index in [1.807, 2.05) is 29.0 Å². The molecule has 1 aromatic carbocycles. The number of nitrogens with zero attached hydrogens (tertiary/aromatic N) is 7. The fourth-order valence-corrected chi connectivity index (χ4v) is 4.06. The maximum Gasteiger partial charge on any atom is 0.271 e. The summed E-state index contributed by atoms with van der Waals surface area (Å²) in [4.78, 5) is 26.3. The van der Waals surface area contributed by atoms with E-state index in [0.717, 1.165) is 56.2 Å². The smallest absolute Gasteiger partial charge is 0.271 e. The van der Waals surface area contributed by atoms with Crippen LogP contribution < -0.4 is 10.2 Å². The van der Waals surface area contributed by atoms with Crippen LogP contribution >= 0.6 is 0 Å². The average Bonchev–Trinajstić information content (AvgIpc) is 3.52. The zero-order valence-electron chi connectivity index (χ0n) is 18.8. The predicted molar refractivity (Wildman–Crippen MR) is 127 cm³/mol. The van der Waals surface area contributed by atoms with Gasteiger partial charge in [0.2, 0.25) is 0 Å². The molecule has 1 fully saturated rings. The van der Waals surface area contributed by atoms with E-state index < -0.39 is 0 Å². The first-order chi connectivity index (χ1) is 16.2. The Morgan fingerprint density at radius 3 is 2.67 bits per heavy atom. The number of fused-ring (bicyclic) bond motifs is 1. The number of imidazole rings is 1. The molecule has 0 unspecified atom stereocenters. The van der Waals surface area contributed by atoms with E-state index in [-0.39, 0.29) is 5.91 Å². The molecular weight excluding hydrogens is 416 g/mol. The summed E-state index contributed by atoms with van der Waals surface area (Å²) in [5.74, 6) is 0.780. The molecule has 0 radical (unpaired) electrons. The summed E-state index contributed by atoms with van der Waals surface area (Å²) in [6.07, 6.45) is 6.27.